The van der Waals surface area contributed by atoms with Crippen LogP contribution in [0.4, 0.5) is 9.18 Å². The van der Waals surface area contributed by atoms with Gasteiger partial charge in [0.25, 0.3) is 5.91 Å². The Morgan fingerprint density at radius 1 is 1.19 bits per heavy atom. The van der Waals surface area contributed by atoms with Crippen LogP contribution in [0.3, 0.4) is 0 Å². The van der Waals surface area contributed by atoms with Gasteiger partial charge in [0, 0.05) is 44.5 Å². The highest BCUT2D eigenvalue weighted by atomic mass is 32.1. The minimum atomic E-state index is -0.829. The van der Waals surface area contributed by atoms with Crippen molar-refractivity contribution in [3.8, 4) is 0 Å². The maximum Gasteiger partial charge on any atom is 0.338 e. The average molecular weight is 515 g/mol. The summed E-state index contributed by atoms with van der Waals surface area (Å²) in [6, 6.07) is 8.34. The van der Waals surface area contributed by atoms with E-state index in [1.165, 1.54) is 28.4 Å². The first kappa shape index (κ1) is 25.8. The van der Waals surface area contributed by atoms with Crippen molar-refractivity contribution in [2.24, 2.45) is 0 Å². The van der Waals surface area contributed by atoms with Crippen LogP contribution in [-0.2, 0) is 9.53 Å². The minimum absolute atomic E-state index is 0.0157. The molecule has 2 atom stereocenters. The number of carbonyl (C=O) groups is 3. The van der Waals surface area contributed by atoms with Crippen molar-refractivity contribution in [2.75, 3.05) is 39.3 Å². The third kappa shape index (κ3) is 5.29. The van der Waals surface area contributed by atoms with Crippen LogP contribution in [0.5, 0.6) is 0 Å². The summed E-state index contributed by atoms with van der Waals surface area (Å²) in [5.41, 5.74) is 1.31. The molecule has 1 aromatic carbocycles. The van der Waals surface area contributed by atoms with E-state index >= 15 is 0 Å². The van der Waals surface area contributed by atoms with Crippen LogP contribution < -0.4 is 5.32 Å². The molecule has 3 heterocycles. The van der Waals surface area contributed by atoms with E-state index in [0.717, 1.165) is 0 Å². The number of nitrogens with one attached hydrogen (secondary N) is 1. The number of amides is 3. The maximum absolute atomic E-state index is 14.1. The number of esters is 1. The van der Waals surface area contributed by atoms with Gasteiger partial charge in [-0.1, -0.05) is 18.2 Å². The fraction of sp³-hybridized carbons (Fsp3) is 0.423. The molecule has 0 unspecified atom stereocenters. The van der Waals surface area contributed by atoms with Gasteiger partial charge in [0.1, 0.15) is 5.82 Å². The molecule has 1 fully saturated rings. The lowest BCUT2D eigenvalue weighted by molar-refractivity contribution is -0.139. The molecule has 0 bridgehead atoms. The van der Waals surface area contributed by atoms with Crippen molar-refractivity contribution >= 4 is 29.2 Å². The van der Waals surface area contributed by atoms with Crippen molar-refractivity contribution in [3.05, 3.63) is 69.3 Å². The topological polar surface area (TPSA) is 82.2 Å². The smallest absolute Gasteiger partial charge is 0.338 e. The van der Waals surface area contributed by atoms with E-state index in [4.69, 9.17) is 4.74 Å². The number of nitrogens with zero attached hydrogens (tertiary/aromatic N) is 3. The van der Waals surface area contributed by atoms with Crippen molar-refractivity contribution in [3.63, 3.8) is 0 Å². The second-order valence-electron chi connectivity index (χ2n) is 8.82. The fourth-order valence-electron chi connectivity index (χ4n) is 4.83. The van der Waals surface area contributed by atoms with Crippen LogP contribution in [0.15, 0.2) is 53.0 Å². The van der Waals surface area contributed by atoms with Gasteiger partial charge in [-0.05, 0) is 49.9 Å². The fourth-order valence-corrected chi connectivity index (χ4v) is 5.50. The molecule has 1 N–H and O–H groups in total. The molecule has 192 valence electrons. The van der Waals surface area contributed by atoms with E-state index in [1.54, 1.807) is 19.1 Å². The van der Waals surface area contributed by atoms with Gasteiger partial charge in [0.05, 0.1) is 23.1 Å². The first-order valence-corrected chi connectivity index (χ1v) is 13.0. The molecule has 4 rings (SSSR count). The first-order chi connectivity index (χ1) is 17.3. The highest BCUT2D eigenvalue weighted by Crippen LogP contribution is 2.32. The van der Waals surface area contributed by atoms with Gasteiger partial charge >= 0.3 is 12.0 Å². The summed E-state index contributed by atoms with van der Waals surface area (Å²) in [7, 11) is 0. The largest absolute Gasteiger partial charge is 0.463 e. The molecule has 36 heavy (non-hydrogen) atoms. The summed E-state index contributed by atoms with van der Waals surface area (Å²) >= 11 is 1.43. The van der Waals surface area contributed by atoms with Gasteiger partial charge in [0.2, 0.25) is 0 Å². The van der Waals surface area contributed by atoms with Gasteiger partial charge in [-0.15, -0.1) is 11.3 Å². The Hall–Kier alpha value is -3.24. The van der Waals surface area contributed by atoms with Gasteiger partial charge in [-0.25, -0.2) is 14.0 Å². The number of ether oxygens (including phenoxy) is 1. The second-order valence-corrected chi connectivity index (χ2v) is 9.77. The number of hydrogen-bond donors (Lipinski definition) is 1. The van der Waals surface area contributed by atoms with Crippen LogP contribution in [0.25, 0.3) is 0 Å². The molecule has 10 heteroatoms. The predicted octanol–water partition coefficient (Wildman–Crippen LogP) is 3.64. The molecule has 0 radical (unpaired) electrons. The Morgan fingerprint density at radius 2 is 2.00 bits per heavy atom. The summed E-state index contributed by atoms with van der Waals surface area (Å²) in [6.45, 7) is 8.12. The number of hydrogen-bond acceptors (Lipinski definition) is 6. The first-order valence-electron chi connectivity index (χ1n) is 12.1. The summed E-state index contributed by atoms with van der Waals surface area (Å²) in [4.78, 5) is 45.4. The van der Waals surface area contributed by atoms with E-state index in [1.807, 2.05) is 36.3 Å². The number of piperazine rings is 1. The minimum Gasteiger partial charge on any atom is -0.463 e. The third-order valence-electron chi connectivity index (χ3n) is 6.51. The molecule has 0 spiro atoms. The van der Waals surface area contributed by atoms with E-state index in [2.05, 4.69) is 10.2 Å². The Balaban J connectivity index is 1.64. The highest BCUT2D eigenvalue weighted by Gasteiger charge is 2.39. The third-order valence-corrected chi connectivity index (χ3v) is 7.37. The van der Waals surface area contributed by atoms with Crippen LogP contribution >= 0.6 is 11.3 Å². The second kappa shape index (κ2) is 11.2. The summed E-state index contributed by atoms with van der Waals surface area (Å²) in [6.07, 6.45) is 0. The van der Waals surface area contributed by atoms with Crippen LogP contribution in [-0.4, -0.2) is 78.0 Å². The maximum atomic E-state index is 14.1. The lowest BCUT2D eigenvalue weighted by Crippen LogP contribution is -2.56. The van der Waals surface area contributed by atoms with Gasteiger partial charge < -0.3 is 15.0 Å². The number of halogens is 1. The van der Waals surface area contributed by atoms with Gasteiger partial charge in [-0.2, -0.15) is 0 Å². The molecule has 0 aliphatic carbocycles. The van der Waals surface area contributed by atoms with Crippen molar-refractivity contribution < 1.29 is 23.5 Å². The zero-order valence-corrected chi connectivity index (χ0v) is 21.5. The normalized spacial score (nSPS) is 20.9. The molecule has 0 saturated carbocycles. The number of thiophene rings is 1. The zero-order valence-electron chi connectivity index (χ0n) is 20.7. The van der Waals surface area contributed by atoms with Crippen LogP contribution in [0.1, 0.15) is 42.0 Å². The molecular formula is C26H31FN4O4S. The molecule has 8 nitrogen and oxygen atoms in total. The quantitative estimate of drug-likeness (QED) is 0.571. The number of urea groups is 1. The molecule has 2 aromatic rings. The molecule has 2 aliphatic heterocycles. The highest BCUT2D eigenvalue weighted by molar-refractivity contribution is 7.12. The standard InChI is InChI=1S/C26H31FN4O4S/c1-4-30-20(16-29-11-12-31(17(3)15-29)24(32)21-10-7-13-36-21)22(25(33)35-5-2)23(28-26(30)34)18-8-6-9-19(27)14-18/h6-10,13-14,17,23H,4-5,11-12,15-16H2,1-3H3,(H,28,34)/t17-,23+/m1/s1. The van der Waals surface area contributed by atoms with E-state index < -0.39 is 17.8 Å². The number of carbonyl (C=O) groups excluding carboxylic acids is 3. The predicted molar refractivity (Wildman–Crippen MR) is 135 cm³/mol. The lowest BCUT2D eigenvalue weighted by Gasteiger charge is -2.42. The van der Waals surface area contributed by atoms with Gasteiger partial charge in [-0.3, -0.25) is 14.6 Å². The Kier molecular flexibility index (Phi) is 8.05. The van der Waals surface area contributed by atoms with Crippen molar-refractivity contribution in [1.82, 2.24) is 20.0 Å². The Labute approximate surface area is 214 Å². The zero-order chi connectivity index (χ0) is 25.8. The SMILES string of the molecule is CCOC(=O)C1=C(CN2CCN(C(=O)c3cccs3)[C@H](C)C2)N(CC)C(=O)N[C@H]1c1cccc(F)c1. The Bertz CT molecular complexity index is 1150. The molecule has 2 aliphatic rings. The monoisotopic (exact) mass is 514 g/mol. The Morgan fingerprint density at radius 3 is 2.64 bits per heavy atom. The van der Waals surface area contributed by atoms with Crippen LogP contribution in [0, 0.1) is 5.82 Å². The number of rotatable bonds is 7. The number of benzene rings is 1. The number of likely N-dealkylation sites (N-methyl/N-ethyl adjacent to an activating group) is 1. The molecular weight excluding hydrogens is 483 g/mol. The van der Waals surface area contributed by atoms with E-state index in [0.29, 0.717) is 54.4 Å². The molecule has 3 amide bonds. The van der Waals surface area contributed by atoms with Crippen molar-refractivity contribution in [2.45, 2.75) is 32.9 Å². The molecule has 1 aromatic heterocycles. The van der Waals surface area contributed by atoms with E-state index in [-0.39, 0.29) is 24.6 Å². The summed E-state index contributed by atoms with van der Waals surface area (Å²) in [5.74, 6) is -0.980. The van der Waals surface area contributed by atoms with E-state index in [9.17, 15) is 18.8 Å². The lowest BCUT2D eigenvalue weighted by atomic mass is 9.94. The van der Waals surface area contributed by atoms with Crippen LogP contribution in [0.2, 0.25) is 0 Å². The molecule has 1 saturated heterocycles. The summed E-state index contributed by atoms with van der Waals surface area (Å²) < 4.78 is 19.4. The van der Waals surface area contributed by atoms with Gasteiger partial charge in [0.15, 0.2) is 0 Å². The summed E-state index contributed by atoms with van der Waals surface area (Å²) in [5, 5.41) is 4.74. The van der Waals surface area contributed by atoms with Crippen molar-refractivity contribution in [1.29, 1.82) is 0 Å². The average Bonchev–Trinajstić information content (AvgIpc) is 3.39.